The molecule has 15 heavy (non-hydrogen) atoms. The molecule has 1 amide bonds. The van der Waals surface area contributed by atoms with Gasteiger partial charge in [-0.15, -0.1) is 0 Å². The zero-order valence-electron chi connectivity index (χ0n) is 8.01. The highest BCUT2D eigenvalue weighted by Crippen LogP contribution is 2.20. The molecule has 0 aliphatic heterocycles. The fraction of sp³-hybridized carbons (Fsp3) is 0.300. The third-order valence-corrected chi connectivity index (χ3v) is 2.08. The maximum Gasteiger partial charge on any atom is 0.399 e. The van der Waals surface area contributed by atoms with Crippen LogP contribution in [0.3, 0.4) is 0 Å². The quantitative estimate of drug-likeness (QED) is 0.799. The summed E-state index contributed by atoms with van der Waals surface area (Å²) in [7, 11) is 0. The molecule has 0 aliphatic carbocycles. The molecular weight excluding hydrogens is 224 g/mol. The summed E-state index contributed by atoms with van der Waals surface area (Å²) in [5, 5.41) is -1.74. The molecule has 0 radical (unpaired) electrons. The Morgan fingerprint density at radius 1 is 1.40 bits per heavy atom. The van der Waals surface area contributed by atoms with Crippen molar-refractivity contribution in [2.45, 2.75) is 18.3 Å². The van der Waals surface area contributed by atoms with Crippen molar-refractivity contribution in [1.29, 1.82) is 0 Å². The van der Waals surface area contributed by atoms with Gasteiger partial charge in [0.05, 0.1) is 6.04 Å². The number of carbonyl (C=O) groups excluding carboxylic acids is 1. The molecule has 0 saturated heterocycles. The van der Waals surface area contributed by atoms with Crippen LogP contribution in [0, 0.1) is 0 Å². The molecule has 2 nitrogen and oxygen atoms in total. The molecule has 1 aromatic carbocycles. The topological polar surface area (TPSA) is 29.1 Å². The van der Waals surface area contributed by atoms with Crippen LogP contribution in [0.15, 0.2) is 30.3 Å². The van der Waals surface area contributed by atoms with Crippen molar-refractivity contribution >= 4 is 17.5 Å². The van der Waals surface area contributed by atoms with Crippen molar-refractivity contribution in [3.63, 3.8) is 0 Å². The molecule has 5 heteroatoms. The Kier molecular flexibility index (Phi) is 3.63. The summed E-state index contributed by atoms with van der Waals surface area (Å²) < 4.78 is 24.7. The predicted molar refractivity (Wildman–Crippen MR) is 53.8 cm³/mol. The third-order valence-electron chi connectivity index (χ3n) is 1.90. The van der Waals surface area contributed by atoms with Crippen LogP contribution < -0.4 is 5.32 Å². The van der Waals surface area contributed by atoms with E-state index in [1.807, 2.05) is 0 Å². The molecule has 1 N–H and O–H groups in total. The standard InChI is InChI=1S/C10H10ClF2NO/c1-7(8-5-3-2-4-6-8)14-9(15)10(11,12)13/h2-7H,1H3,(H,14,15)/t7-/m0/s1. The van der Waals surface area contributed by atoms with Crippen molar-refractivity contribution in [3.8, 4) is 0 Å². The summed E-state index contributed by atoms with van der Waals surface area (Å²) in [4.78, 5) is 10.9. The Balaban J connectivity index is 2.65. The van der Waals surface area contributed by atoms with Crippen LogP contribution in [0.2, 0.25) is 0 Å². The van der Waals surface area contributed by atoms with Crippen LogP contribution in [-0.2, 0) is 4.79 Å². The van der Waals surface area contributed by atoms with Gasteiger partial charge in [0.15, 0.2) is 0 Å². The number of rotatable bonds is 3. The van der Waals surface area contributed by atoms with Gasteiger partial charge in [0.25, 0.3) is 0 Å². The van der Waals surface area contributed by atoms with Gasteiger partial charge in [0.2, 0.25) is 0 Å². The molecule has 0 unspecified atom stereocenters. The van der Waals surface area contributed by atoms with E-state index in [1.165, 1.54) is 0 Å². The number of nitrogens with one attached hydrogen (secondary N) is 1. The first-order chi connectivity index (χ1) is 6.91. The number of carbonyl (C=O) groups is 1. The van der Waals surface area contributed by atoms with E-state index in [0.717, 1.165) is 5.56 Å². The van der Waals surface area contributed by atoms with Crippen molar-refractivity contribution < 1.29 is 13.6 Å². The first-order valence-corrected chi connectivity index (χ1v) is 4.71. The molecule has 0 aromatic heterocycles. The van der Waals surface area contributed by atoms with Gasteiger partial charge in [-0.25, -0.2) is 0 Å². The number of halogens is 3. The first kappa shape index (κ1) is 11.9. The minimum absolute atomic E-state index is 0.497. The summed E-state index contributed by atoms with van der Waals surface area (Å²) >= 11 is 4.57. The zero-order chi connectivity index (χ0) is 11.5. The van der Waals surface area contributed by atoms with E-state index >= 15 is 0 Å². The maximum absolute atomic E-state index is 12.3. The Bertz CT molecular complexity index is 337. The van der Waals surface area contributed by atoms with Crippen LogP contribution in [0.25, 0.3) is 0 Å². The normalized spacial score (nSPS) is 13.3. The van der Waals surface area contributed by atoms with Crippen LogP contribution in [0.5, 0.6) is 0 Å². The number of hydrogen-bond donors (Lipinski definition) is 1. The molecule has 0 bridgehead atoms. The molecule has 1 rings (SSSR count). The van der Waals surface area contributed by atoms with E-state index in [0.29, 0.717) is 0 Å². The fourth-order valence-electron chi connectivity index (χ4n) is 1.10. The highest BCUT2D eigenvalue weighted by Gasteiger charge is 2.36. The summed E-state index contributed by atoms with van der Waals surface area (Å²) in [6.45, 7) is 1.61. The summed E-state index contributed by atoms with van der Waals surface area (Å²) in [5.74, 6) is -1.49. The summed E-state index contributed by atoms with van der Waals surface area (Å²) in [6, 6.07) is 8.29. The Labute approximate surface area is 91.2 Å². The number of alkyl halides is 3. The molecule has 1 atom stereocenters. The summed E-state index contributed by atoms with van der Waals surface area (Å²) in [6.07, 6.45) is 0. The molecule has 0 saturated carbocycles. The van der Waals surface area contributed by atoms with Crippen LogP contribution in [-0.4, -0.2) is 11.3 Å². The lowest BCUT2D eigenvalue weighted by atomic mass is 10.1. The monoisotopic (exact) mass is 233 g/mol. The first-order valence-electron chi connectivity index (χ1n) is 4.34. The van der Waals surface area contributed by atoms with Gasteiger partial charge < -0.3 is 5.32 Å². The largest absolute Gasteiger partial charge is 0.399 e. The molecule has 0 aliphatic rings. The Morgan fingerprint density at radius 2 is 1.93 bits per heavy atom. The molecular formula is C10H10ClF2NO. The van der Waals surface area contributed by atoms with Gasteiger partial charge in [0, 0.05) is 0 Å². The van der Waals surface area contributed by atoms with Gasteiger partial charge in [-0.05, 0) is 24.1 Å². The number of amides is 1. The van der Waals surface area contributed by atoms with E-state index in [1.54, 1.807) is 37.3 Å². The second kappa shape index (κ2) is 4.57. The van der Waals surface area contributed by atoms with E-state index in [2.05, 4.69) is 16.9 Å². The van der Waals surface area contributed by atoms with Gasteiger partial charge in [-0.1, -0.05) is 30.3 Å². The van der Waals surface area contributed by atoms with Gasteiger partial charge in [-0.3, -0.25) is 4.79 Å². The van der Waals surface area contributed by atoms with Crippen molar-refractivity contribution in [1.82, 2.24) is 5.32 Å². The van der Waals surface area contributed by atoms with E-state index < -0.39 is 17.3 Å². The molecule has 0 spiro atoms. The second-order valence-electron chi connectivity index (χ2n) is 3.10. The zero-order valence-corrected chi connectivity index (χ0v) is 8.76. The van der Waals surface area contributed by atoms with E-state index in [-0.39, 0.29) is 0 Å². The third kappa shape index (κ3) is 3.47. The van der Waals surface area contributed by atoms with Gasteiger partial charge in [-0.2, -0.15) is 8.78 Å². The lowest BCUT2D eigenvalue weighted by Gasteiger charge is -2.16. The molecule has 1 aromatic rings. The molecule has 0 fully saturated rings. The van der Waals surface area contributed by atoms with Crippen molar-refractivity contribution in [3.05, 3.63) is 35.9 Å². The van der Waals surface area contributed by atoms with E-state index in [4.69, 9.17) is 0 Å². The highest BCUT2D eigenvalue weighted by molar-refractivity contribution is 6.32. The van der Waals surface area contributed by atoms with Crippen molar-refractivity contribution in [2.75, 3.05) is 0 Å². The van der Waals surface area contributed by atoms with Crippen LogP contribution in [0.1, 0.15) is 18.5 Å². The van der Waals surface area contributed by atoms with Crippen molar-refractivity contribution in [2.24, 2.45) is 0 Å². The van der Waals surface area contributed by atoms with Gasteiger partial charge in [0.1, 0.15) is 0 Å². The second-order valence-corrected chi connectivity index (χ2v) is 3.58. The molecule has 0 heterocycles. The Hall–Kier alpha value is -1.16. The maximum atomic E-state index is 12.3. The lowest BCUT2D eigenvalue weighted by Crippen LogP contribution is -2.37. The average Bonchev–Trinajstić information content (AvgIpc) is 2.17. The molecule has 82 valence electrons. The van der Waals surface area contributed by atoms with Crippen LogP contribution in [0.4, 0.5) is 8.78 Å². The summed E-state index contributed by atoms with van der Waals surface area (Å²) in [5.41, 5.74) is 0.742. The number of hydrogen-bond acceptors (Lipinski definition) is 1. The average molecular weight is 234 g/mol. The fourth-order valence-corrected chi connectivity index (χ4v) is 1.16. The highest BCUT2D eigenvalue weighted by atomic mass is 35.5. The minimum atomic E-state index is -3.86. The van der Waals surface area contributed by atoms with Gasteiger partial charge >= 0.3 is 11.3 Å². The predicted octanol–water partition coefficient (Wildman–Crippen LogP) is 2.70. The SMILES string of the molecule is C[C@H](NC(=O)C(F)(F)Cl)c1ccccc1. The lowest BCUT2D eigenvalue weighted by molar-refractivity contribution is -0.136. The van der Waals surface area contributed by atoms with Crippen LogP contribution >= 0.6 is 11.6 Å². The minimum Gasteiger partial charge on any atom is -0.343 e. The smallest absolute Gasteiger partial charge is 0.343 e. The number of benzene rings is 1. The Morgan fingerprint density at radius 3 is 2.40 bits per heavy atom. The van der Waals surface area contributed by atoms with E-state index in [9.17, 15) is 13.6 Å².